The van der Waals surface area contributed by atoms with Crippen LogP contribution in [0, 0.1) is 0 Å². The van der Waals surface area contributed by atoms with Crippen molar-refractivity contribution in [3.8, 4) is 11.1 Å². The number of nitrogens with zero attached hydrogens (tertiary/aromatic N) is 3. The Bertz CT molecular complexity index is 962. The Morgan fingerprint density at radius 1 is 1.14 bits per heavy atom. The second-order valence-corrected chi connectivity index (χ2v) is 7.14. The topological polar surface area (TPSA) is 50.2 Å². The molecule has 28 heavy (non-hydrogen) atoms. The number of fused-ring (bicyclic) bond motifs is 1. The number of rotatable bonds is 6. The monoisotopic (exact) mass is 374 g/mol. The molecule has 1 aliphatic heterocycles. The largest absolute Gasteiger partial charge is 0.370 e. The fraction of sp³-hybridized carbons (Fsp3) is 0.304. The fourth-order valence-corrected chi connectivity index (χ4v) is 3.78. The molecule has 0 saturated carbocycles. The summed E-state index contributed by atoms with van der Waals surface area (Å²) in [5.74, 6) is -0.0324. The van der Waals surface area contributed by atoms with E-state index in [1.165, 1.54) is 17.7 Å². The molecule has 0 unspecified atom stereocenters. The van der Waals surface area contributed by atoms with Crippen molar-refractivity contribution < 1.29 is 4.79 Å². The summed E-state index contributed by atoms with van der Waals surface area (Å²) in [6, 6.07) is 16.3. The maximum Gasteiger partial charge on any atom is 0.251 e. The molecule has 1 aromatic heterocycles. The normalized spacial score (nSPS) is 13.2. The van der Waals surface area contributed by atoms with Crippen molar-refractivity contribution in [2.24, 2.45) is 0 Å². The van der Waals surface area contributed by atoms with E-state index in [4.69, 9.17) is 0 Å². The van der Waals surface area contributed by atoms with Crippen LogP contribution >= 0.6 is 0 Å². The second-order valence-electron chi connectivity index (χ2n) is 7.14. The number of aromatic nitrogens is 2. The van der Waals surface area contributed by atoms with Crippen LogP contribution in [0.2, 0.25) is 0 Å². The van der Waals surface area contributed by atoms with E-state index in [0.717, 1.165) is 37.2 Å². The van der Waals surface area contributed by atoms with Crippen LogP contribution in [-0.2, 0) is 13.0 Å². The van der Waals surface area contributed by atoms with Crippen molar-refractivity contribution in [1.29, 1.82) is 0 Å². The molecule has 1 aliphatic rings. The van der Waals surface area contributed by atoms with E-state index in [-0.39, 0.29) is 5.91 Å². The van der Waals surface area contributed by atoms with E-state index in [9.17, 15) is 4.79 Å². The van der Waals surface area contributed by atoms with E-state index in [2.05, 4.69) is 46.5 Å². The zero-order valence-electron chi connectivity index (χ0n) is 16.3. The molecular formula is C23H26N4O. The molecule has 5 heteroatoms. The Hall–Kier alpha value is -3.08. The maximum atomic E-state index is 12.6. The molecule has 2 aromatic carbocycles. The first-order valence-corrected chi connectivity index (χ1v) is 9.98. The highest BCUT2D eigenvalue weighted by Crippen LogP contribution is 2.26. The number of hydrogen-bond donors (Lipinski definition) is 1. The number of carbonyl (C=O) groups excluding carboxylic acids is 1. The molecule has 0 aliphatic carbocycles. The van der Waals surface area contributed by atoms with Gasteiger partial charge < -0.3 is 10.2 Å². The van der Waals surface area contributed by atoms with Crippen molar-refractivity contribution >= 4 is 11.6 Å². The molecule has 0 fully saturated rings. The van der Waals surface area contributed by atoms with Crippen molar-refractivity contribution in [1.82, 2.24) is 15.1 Å². The number of nitrogens with one attached hydrogen (secondary N) is 1. The minimum absolute atomic E-state index is 0.0324. The van der Waals surface area contributed by atoms with Gasteiger partial charge >= 0.3 is 0 Å². The molecule has 0 saturated heterocycles. The predicted molar refractivity (Wildman–Crippen MR) is 113 cm³/mol. The van der Waals surface area contributed by atoms with Crippen LogP contribution in [-0.4, -0.2) is 35.3 Å². The van der Waals surface area contributed by atoms with Gasteiger partial charge in [0.2, 0.25) is 0 Å². The van der Waals surface area contributed by atoms with E-state index >= 15 is 0 Å². The average Bonchev–Trinajstić information content (AvgIpc) is 3.23. The molecule has 1 N–H and O–H groups in total. The molecule has 144 valence electrons. The predicted octanol–water partition coefficient (Wildman–Crippen LogP) is 3.75. The summed E-state index contributed by atoms with van der Waals surface area (Å²) in [7, 11) is 0. The van der Waals surface area contributed by atoms with Crippen LogP contribution in [0.25, 0.3) is 11.1 Å². The number of carbonyl (C=O) groups is 1. The van der Waals surface area contributed by atoms with Crippen LogP contribution < -0.4 is 10.2 Å². The van der Waals surface area contributed by atoms with Gasteiger partial charge in [0.1, 0.15) is 0 Å². The third-order valence-corrected chi connectivity index (χ3v) is 5.29. The lowest BCUT2D eigenvalue weighted by Crippen LogP contribution is -2.37. The molecule has 0 spiro atoms. The lowest BCUT2D eigenvalue weighted by atomic mass is 10.0. The number of hydrogen-bond acceptors (Lipinski definition) is 3. The molecule has 0 radical (unpaired) electrons. The number of para-hydroxylation sites is 1. The van der Waals surface area contributed by atoms with Crippen molar-refractivity contribution in [2.75, 3.05) is 24.5 Å². The van der Waals surface area contributed by atoms with Gasteiger partial charge in [0.05, 0.1) is 6.20 Å². The summed E-state index contributed by atoms with van der Waals surface area (Å²) in [5, 5.41) is 7.39. The van der Waals surface area contributed by atoms with Crippen LogP contribution in [0.3, 0.4) is 0 Å². The summed E-state index contributed by atoms with van der Waals surface area (Å²) >= 11 is 0. The molecule has 2 heterocycles. The number of amides is 1. The van der Waals surface area contributed by atoms with Gasteiger partial charge in [-0.15, -0.1) is 0 Å². The van der Waals surface area contributed by atoms with Crippen LogP contribution in [0.1, 0.15) is 29.3 Å². The van der Waals surface area contributed by atoms with E-state index < -0.39 is 0 Å². The molecule has 5 nitrogen and oxygen atoms in total. The summed E-state index contributed by atoms with van der Waals surface area (Å²) in [6.45, 7) is 5.39. The molecule has 4 rings (SSSR count). The Kier molecular flexibility index (Phi) is 5.42. The van der Waals surface area contributed by atoms with Crippen molar-refractivity contribution in [3.05, 3.63) is 72.1 Å². The van der Waals surface area contributed by atoms with Gasteiger partial charge in [0.25, 0.3) is 5.91 Å². The first-order valence-electron chi connectivity index (χ1n) is 9.98. The highest BCUT2D eigenvalue weighted by molar-refractivity contribution is 5.95. The van der Waals surface area contributed by atoms with Crippen LogP contribution in [0.4, 0.5) is 5.69 Å². The smallest absolute Gasteiger partial charge is 0.251 e. The number of benzene rings is 2. The highest BCUT2D eigenvalue weighted by Gasteiger charge is 2.16. The zero-order chi connectivity index (χ0) is 19.3. The van der Waals surface area contributed by atoms with Crippen molar-refractivity contribution in [2.45, 2.75) is 26.3 Å². The Morgan fingerprint density at radius 3 is 2.89 bits per heavy atom. The fourth-order valence-electron chi connectivity index (χ4n) is 3.78. The quantitative estimate of drug-likeness (QED) is 0.715. The number of anilines is 1. The summed E-state index contributed by atoms with van der Waals surface area (Å²) in [6.07, 6.45) is 6.15. The summed E-state index contributed by atoms with van der Waals surface area (Å²) < 4.78 is 1.89. The standard InChI is InChI=1S/C23H26N4O/c1-2-27-17-21(16-25-27)19-8-5-9-20(15-19)23(28)24-12-14-26-13-6-10-18-7-3-4-11-22(18)26/h3-5,7-9,11,15-17H,2,6,10,12-14H2,1H3,(H,24,28). The Labute approximate surface area is 166 Å². The second kappa shape index (κ2) is 8.30. The minimum Gasteiger partial charge on any atom is -0.370 e. The van der Waals surface area contributed by atoms with Gasteiger partial charge in [-0.25, -0.2) is 0 Å². The van der Waals surface area contributed by atoms with Gasteiger partial charge in [-0.3, -0.25) is 9.48 Å². The molecule has 0 bridgehead atoms. The lowest BCUT2D eigenvalue weighted by Gasteiger charge is -2.31. The third kappa shape index (κ3) is 3.93. The first-order chi connectivity index (χ1) is 13.7. The molecule has 1 amide bonds. The van der Waals surface area contributed by atoms with Gasteiger partial charge in [-0.2, -0.15) is 5.10 Å². The van der Waals surface area contributed by atoms with E-state index in [1.54, 1.807) is 0 Å². The zero-order valence-corrected chi connectivity index (χ0v) is 16.3. The van der Waals surface area contributed by atoms with Crippen molar-refractivity contribution in [3.63, 3.8) is 0 Å². The van der Waals surface area contributed by atoms with Crippen LogP contribution in [0.15, 0.2) is 60.9 Å². The average molecular weight is 374 g/mol. The number of aryl methyl sites for hydroxylation is 2. The van der Waals surface area contributed by atoms with E-state index in [1.807, 2.05) is 41.3 Å². The highest BCUT2D eigenvalue weighted by atomic mass is 16.1. The Balaban J connectivity index is 1.38. The molecular weight excluding hydrogens is 348 g/mol. The Morgan fingerprint density at radius 2 is 2.04 bits per heavy atom. The SMILES string of the molecule is CCn1cc(-c2cccc(C(=O)NCCN3CCCc4ccccc43)c2)cn1. The van der Waals surface area contributed by atoms with Gasteiger partial charge in [-0.05, 0) is 49.1 Å². The minimum atomic E-state index is -0.0324. The lowest BCUT2D eigenvalue weighted by molar-refractivity contribution is 0.0954. The van der Waals surface area contributed by atoms with E-state index in [0.29, 0.717) is 12.1 Å². The van der Waals surface area contributed by atoms with Gasteiger partial charge in [-0.1, -0.05) is 30.3 Å². The van der Waals surface area contributed by atoms with Gasteiger partial charge in [0, 0.05) is 49.2 Å². The van der Waals surface area contributed by atoms with Crippen LogP contribution in [0.5, 0.6) is 0 Å². The van der Waals surface area contributed by atoms with Gasteiger partial charge in [0.15, 0.2) is 0 Å². The molecule has 0 atom stereocenters. The molecule has 3 aromatic rings. The summed E-state index contributed by atoms with van der Waals surface area (Å²) in [4.78, 5) is 15.0. The summed E-state index contributed by atoms with van der Waals surface area (Å²) in [5.41, 5.74) is 5.43. The third-order valence-electron chi connectivity index (χ3n) is 5.29. The first kappa shape index (κ1) is 18.3. The maximum absolute atomic E-state index is 12.6.